The zero-order chi connectivity index (χ0) is 60.9. The van der Waals surface area contributed by atoms with Crippen LogP contribution in [0.3, 0.4) is 0 Å². The van der Waals surface area contributed by atoms with E-state index < -0.39 is 170 Å². The molecule has 35 nitrogen and oxygen atoms in total. The molecule has 0 amide bonds. The number of hydrogen-bond donors (Lipinski definition) is 9. The smallest absolute Gasteiger partial charge is 0.303 e. The number of phenolic OH excluding ortho intramolecular Hbond substituents is 2. The molecular weight excluding hydrogens is 1210 g/mol. The fraction of sp³-hybridized carbons (Fsp3) is 0.0233. The van der Waals surface area contributed by atoms with Crippen LogP contribution in [0.5, 0.6) is 23.1 Å². The van der Waals surface area contributed by atoms with Gasteiger partial charge >= 0.3 is 5.56 Å². The van der Waals surface area contributed by atoms with Crippen LogP contribution in [0.25, 0.3) is 27.2 Å². The molecule has 0 aliphatic rings. The molecule has 0 fully saturated rings. The number of nitro benzene ring substituents is 1. The number of carbonyl (C=O) groups is 1. The Morgan fingerprint density at radius 1 is 0.578 bits per heavy atom. The lowest BCUT2D eigenvalue weighted by molar-refractivity contribution is -0.384. The van der Waals surface area contributed by atoms with Gasteiger partial charge in [0, 0.05) is 22.2 Å². The van der Waals surface area contributed by atoms with E-state index in [4.69, 9.17) is 15.2 Å². The summed E-state index contributed by atoms with van der Waals surface area (Å²) in [5.74, 6) is -2.99. The van der Waals surface area contributed by atoms with Gasteiger partial charge in [-0.05, 0) is 78.9 Å². The van der Waals surface area contributed by atoms with Gasteiger partial charge < -0.3 is 25.4 Å². The Labute approximate surface area is 461 Å². The van der Waals surface area contributed by atoms with Crippen LogP contribution in [0.15, 0.2) is 167 Å². The number of nitrogen functional groups attached to an aromatic ring is 1. The van der Waals surface area contributed by atoms with E-state index in [-0.39, 0.29) is 29.3 Å². The number of methoxy groups -OCH3 is 1. The van der Waals surface area contributed by atoms with Crippen LogP contribution in [0.2, 0.25) is 0 Å². The van der Waals surface area contributed by atoms with Crippen LogP contribution < -0.4 is 20.8 Å². The third-order valence-corrected chi connectivity index (χ3v) is 15.7. The van der Waals surface area contributed by atoms with Gasteiger partial charge in [0.15, 0.2) is 17.2 Å². The van der Waals surface area contributed by atoms with E-state index in [1.807, 2.05) is 0 Å². The first-order valence-corrected chi connectivity index (χ1v) is 28.9. The number of nitrogens with one attached hydrogen (secondary N) is 1. The second-order valence-corrected chi connectivity index (χ2v) is 23.3. The van der Waals surface area contributed by atoms with Crippen molar-refractivity contribution in [2.45, 2.75) is 24.5 Å². The van der Waals surface area contributed by atoms with Gasteiger partial charge in [-0.1, -0.05) is 6.07 Å². The number of nitro groups is 1. The summed E-state index contributed by atoms with van der Waals surface area (Å²) in [4.78, 5) is 29.7. The topological polar surface area (TPSA) is 554 Å². The third-order valence-electron chi connectivity index (χ3n) is 11.3. The Morgan fingerprint density at radius 3 is 1.75 bits per heavy atom. The van der Waals surface area contributed by atoms with Crippen molar-refractivity contribution in [2.75, 3.05) is 12.8 Å². The van der Waals surface area contributed by atoms with Crippen molar-refractivity contribution in [2.24, 2.45) is 40.9 Å². The highest BCUT2D eigenvalue weighted by molar-refractivity contribution is 7.87. The van der Waals surface area contributed by atoms with E-state index in [0.717, 1.165) is 78.9 Å². The molecule has 8 rings (SSSR count). The molecule has 0 atom stereocenters. The van der Waals surface area contributed by atoms with Crippen molar-refractivity contribution < 1.29 is 94.3 Å². The maximum atomic E-state index is 13.3. The number of anilines is 1. The van der Waals surface area contributed by atoms with E-state index in [9.17, 15) is 94.8 Å². The van der Waals surface area contributed by atoms with Crippen molar-refractivity contribution in [3.05, 3.63) is 118 Å². The van der Waals surface area contributed by atoms with Gasteiger partial charge in [0.05, 0.1) is 45.4 Å². The molecule has 0 bridgehead atoms. The third kappa shape index (κ3) is 12.1. The number of benzene rings is 7. The first kappa shape index (κ1) is 59.2. The van der Waals surface area contributed by atoms with Crippen LogP contribution >= 0.6 is 0 Å². The molecule has 7 aromatic carbocycles. The summed E-state index contributed by atoms with van der Waals surface area (Å²) < 4.78 is 186. The van der Waals surface area contributed by atoms with Gasteiger partial charge in [0.2, 0.25) is 11.6 Å². The Hall–Kier alpha value is -9.91. The van der Waals surface area contributed by atoms with Crippen LogP contribution in [0.1, 0.15) is 0 Å². The number of aromatic nitrogens is 2. The van der Waals surface area contributed by atoms with Crippen molar-refractivity contribution in [3.8, 4) is 28.8 Å². The van der Waals surface area contributed by atoms with Gasteiger partial charge in [-0.3, -0.25) is 47.6 Å². The predicted octanol–water partition coefficient (Wildman–Crippen LogP) is 7.81. The first-order chi connectivity index (χ1) is 38.7. The molecule has 1 heterocycles. The monoisotopic (exact) mass is 1240 g/mol. The number of nitrogens with two attached hydrogens (primary N) is 1. The van der Waals surface area contributed by atoms with Gasteiger partial charge in [0.1, 0.15) is 53.7 Å². The molecule has 40 heteroatoms. The van der Waals surface area contributed by atoms with Crippen LogP contribution in [-0.2, 0) is 55.4 Å². The van der Waals surface area contributed by atoms with Crippen LogP contribution in [-0.4, -0.2) is 103 Å². The number of aromatic amines is 1. The SMILES string of the molecule is COc1cc([N+](=O)[O-])ccc1N=Nc1ccc2c(S(=O)(=O)O)cc(N=Nc3ccc4c(O)c(N=Nc5ccc(N=Nc6c(OC=O)[nH]n(-c7ccc(S(=O)(=O)O)cc7)c6=O)c(S(=O)(=O)O)c5)c(S(=O)(=O)O)cc4c3S(=O)(=O)O)c(N)c2c1O. The minimum absolute atomic E-state index is 0.0800. The first-order valence-electron chi connectivity index (χ1n) is 21.7. The standard InChI is InChI=1S/C43H30N12O23S5/c1-77-31-15-21(55(60)61)5-11-26(31)46-48-28-12-9-24-32(80(65,66)67)17-30(36(44)35(24)40(28)58)50-49-29-13-8-23-25(41(29)83(74,75)76)16-34(82(71,72)73)37(39(23)57)51-45-19-2-10-27(33(14-19)81(68,69)70)47-52-38-42(78-18-56)53-54(43(38)59)20-3-6-22(7-4-20)79(62,63)64/h2-18,53,57-58H,44H2,1H3,(H,62,63,64)(H,65,66,67)(H,68,69,70)(H,71,72,73)(H,74,75,76). The lowest BCUT2D eigenvalue weighted by Crippen LogP contribution is -2.14. The van der Waals surface area contributed by atoms with Crippen molar-refractivity contribution >= 4 is 135 Å². The molecule has 0 saturated heterocycles. The molecule has 0 spiro atoms. The summed E-state index contributed by atoms with van der Waals surface area (Å²) in [6, 6.07) is 14.1. The van der Waals surface area contributed by atoms with E-state index >= 15 is 0 Å². The van der Waals surface area contributed by atoms with E-state index in [2.05, 4.69) is 46.0 Å². The second-order valence-electron chi connectivity index (χ2n) is 16.3. The molecule has 1 aromatic heterocycles. The van der Waals surface area contributed by atoms with Crippen LogP contribution in [0, 0.1) is 10.1 Å². The Bertz CT molecular complexity index is 4900. The largest absolute Gasteiger partial charge is 0.505 e. The lowest BCUT2D eigenvalue weighted by atomic mass is 10.1. The Morgan fingerprint density at radius 2 is 1.14 bits per heavy atom. The maximum Gasteiger partial charge on any atom is 0.303 e. The quantitative estimate of drug-likeness (QED) is 0.00987. The molecule has 10 N–H and O–H groups in total. The van der Waals surface area contributed by atoms with Crippen molar-refractivity contribution in [3.63, 3.8) is 0 Å². The number of fused-ring (bicyclic) bond motifs is 2. The number of azo groups is 4. The fourth-order valence-electron chi connectivity index (χ4n) is 7.59. The van der Waals surface area contributed by atoms with Crippen molar-refractivity contribution in [1.29, 1.82) is 0 Å². The van der Waals surface area contributed by atoms with E-state index in [1.54, 1.807) is 0 Å². The molecule has 0 aliphatic heterocycles. The van der Waals surface area contributed by atoms with Gasteiger partial charge in [-0.2, -0.15) is 47.2 Å². The maximum absolute atomic E-state index is 13.3. The number of hydrogen-bond acceptors (Lipinski definition) is 27. The van der Waals surface area contributed by atoms with Crippen LogP contribution in [0.4, 0.5) is 56.9 Å². The highest BCUT2D eigenvalue weighted by Crippen LogP contribution is 2.48. The highest BCUT2D eigenvalue weighted by Gasteiger charge is 2.30. The van der Waals surface area contributed by atoms with E-state index in [1.165, 1.54) is 7.11 Å². The molecule has 0 saturated carbocycles. The number of aromatic hydroxyl groups is 2. The normalized spacial score (nSPS) is 12.8. The molecule has 0 unspecified atom stereocenters. The average Bonchev–Trinajstić information content (AvgIpc) is 2.18. The van der Waals surface area contributed by atoms with Gasteiger partial charge in [0.25, 0.3) is 62.8 Å². The van der Waals surface area contributed by atoms with Gasteiger partial charge in [-0.15, -0.1) is 35.8 Å². The summed E-state index contributed by atoms with van der Waals surface area (Å²) in [5, 5.41) is 63.6. The fourth-order valence-corrected chi connectivity index (χ4v) is 10.9. The van der Waals surface area contributed by atoms with Gasteiger partial charge in [-0.25, -0.2) is 4.68 Å². The number of rotatable bonds is 18. The zero-order valence-electron chi connectivity index (χ0n) is 40.6. The highest BCUT2D eigenvalue weighted by atomic mass is 32.2. The molecule has 430 valence electrons. The zero-order valence-corrected chi connectivity index (χ0v) is 44.7. The summed E-state index contributed by atoms with van der Waals surface area (Å²) in [7, 11) is -25.4. The summed E-state index contributed by atoms with van der Waals surface area (Å²) >= 11 is 0. The summed E-state index contributed by atoms with van der Waals surface area (Å²) in [5.41, 5.74) is -1.36. The number of carbonyl (C=O) groups excluding carboxylic acids is 1. The molecule has 8 aromatic rings. The number of nitrogens with zero attached hydrogens (tertiary/aromatic N) is 10. The number of non-ortho nitro benzene ring substituents is 1. The van der Waals surface area contributed by atoms with E-state index in [0.29, 0.717) is 22.9 Å². The lowest BCUT2D eigenvalue weighted by Gasteiger charge is -2.13. The average molecular weight is 1240 g/mol. The number of phenols is 2. The minimum atomic E-state index is -5.65. The molecule has 83 heavy (non-hydrogen) atoms. The second kappa shape index (κ2) is 21.9. The van der Waals surface area contributed by atoms with Crippen molar-refractivity contribution in [1.82, 2.24) is 9.78 Å². The number of ether oxygens (including phenoxy) is 2. The number of H-pyrrole nitrogens is 1. The Balaban J connectivity index is 1.18. The molecular formula is C43H30N12O23S5. The molecule has 0 aliphatic carbocycles. The summed E-state index contributed by atoms with van der Waals surface area (Å²) in [6.45, 7) is -0.147. The summed E-state index contributed by atoms with van der Waals surface area (Å²) in [6.07, 6.45) is 0. The Kier molecular flexibility index (Phi) is 15.6. The molecule has 0 radical (unpaired) electrons. The minimum Gasteiger partial charge on any atom is -0.505 e. The predicted molar refractivity (Wildman–Crippen MR) is 281 cm³/mol.